The summed E-state index contributed by atoms with van der Waals surface area (Å²) >= 11 is 3.18. The Morgan fingerprint density at radius 2 is 2.07 bits per heavy atom. The van der Waals surface area contributed by atoms with E-state index in [1.54, 1.807) is 26.0 Å². The predicted molar refractivity (Wildman–Crippen MR) is 60.9 cm³/mol. The van der Waals surface area contributed by atoms with Crippen molar-refractivity contribution in [2.24, 2.45) is 0 Å². The largest absolute Gasteiger partial charge is 0.393 e. The second kappa shape index (κ2) is 4.72. The topological polar surface area (TPSA) is 63.4 Å². The fraction of sp³-hybridized carbons (Fsp3) is 0.400. The zero-order chi connectivity index (χ0) is 11.6. The lowest BCUT2D eigenvalue weighted by molar-refractivity contribution is -0.385. The molecule has 0 amide bonds. The van der Waals surface area contributed by atoms with Crippen LogP contribution in [0.25, 0.3) is 0 Å². The van der Waals surface area contributed by atoms with E-state index in [-0.39, 0.29) is 11.6 Å². The molecule has 0 aromatic heterocycles. The van der Waals surface area contributed by atoms with Gasteiger partial charge in [0.1, 0.15) is 0 Å². The van der Waals surface area contributed by atoms with Crippen molar-refractivity contribution in [1.29, 1.82) is 0 Å². The predicted octanol–water partition coefficient (Wildman–Crippen LogP) is 2.84. The van der Waals surface area contributed by atoms with Gasteiger partial charge in [0.05, 0.1) is 11.0 Å². The van der Waals surface area contributed by atoms with E-state index >= 15 is 0 Å². The minimum Gasteiger partial charge on any atom is -0.393 e. The van der Waals surface area contributed by atoms with Crippen molar-refractivity contribution < 1.29 is 10.0 Å². The Morgan fingerprint density at radius 1 is 1.47 bits per heavy atom. The molecule has 0 saturated carbocycles. The van der Waals surface area contributed by atoms with Crippen molar-refractivity contribution in [2.45, 2.75) is 25.9 Å². The molecule has 0 bridgehead atoms. The fourth-order valence-electron chi connectivity index (χ4n) is 1.32. The summed E-state index contributed by atoms with van der Waals surface area (Å²) in [6, 6.07) is 4.86. The maximum atomic E-state index is 10.8. The Hall–Kier alpha value is -0.940. The van der Waals surface area contributed by atoms with Crippen LogP contribution in [0.1, 0.15) is 25.3 Å². The molecular weight excluding hydrogens is 262 g/mol. The first-order valence-corrected chi connectivity index (χ1v) is 5.34. The molecular formula is C10H12BrNO3. The summed E-state index contributed by atoms with van der Waals surface area (Å²) in [6.45, 7) is 3.39. The Kier molecular flexibility index (Phi) is 3.82. The van der Waals surface area contributed by atoms with Crippen LogP contribution in [0.15, 0.2) is 22.7 Å². The normalized spacial score (nSPS) is 14.7. The van der Waals surface area contributed by atoms with Gasteiger partial charge in [0.15, 0.2) is 0 Å². The third-order valence-electron chi connectivity index (χ3n) is 2.40. The highest BCUT2D eigenvalue weighted by atomic mass is 79.9. The molecule has 4 nitrogen and oxygen atoms in total. The van der Waals surface area contributed by atoms with Crippen LogP contribution in [0, 0.1) is 10.1 Å². The van der Waals surface area contributed by atoms with Crippen molar-refractivity contribution in [2.75, 3.05) is 0 Å². The van der Waals surface area contributed by atoms with Gasteiger partial charge in [0, 0.05) is 22.0 Å². The van der Waals surface area contributed by atoms with Crippen molar-refractivity contribution in [3.8, 4) is 0 Å². The third kappa shape index (κ3) is 2.76. The highest BCUT2D eigenvalue weighted by molar-refractivity contribution is 9.10. The molecule has 15 heavy (non-hydrogen) atoms. The Bertz CT molecular complexity index is 379. The van der Waals surface area contributed by atoms with E-state index in [2.05, 4.69) is 15.9 Å². The third-order valence-corrected chi connectivity index (χ3v) is 2.90. The van der Waals surface area contributed by atoms with Gasteiger partial charge in [-0.25, -0.2) is 0 Å². The van der Waals surface area contributed by atoms with Gasteiger partial charge in [0.2, 0.25) is 0 Å². The highest BCUT2D eigenvalue weighted by Crippen LogP contribution is 2.31. The molecule has 0 radical (unpaired) electrons. The quantitative estimate of drug-likeness (QED) is 0.681. The SMILES string of the molecule is CC(O)C(C)c1ccc(Br)cc1[N+](=O)[O-]. The number of hydrogen-bond acceptors (Lipinski definition) is 3. The Morgan fingerprint density at radius 3 is 2.53 bits per heavy atom. The monoisotopic (exact) mass is 273 g/mol. The molecule has 2 atom stereocenters. The summed E-state index contributed by atoms with van der Waals surface area (Å²) in [6.07, 6.45) is -0.607. The van der Waals surface area contributed by atoms with Gasteiger partial charge in [-0.3, -0.25) is 10.1 Å². The first-order valence-electron chi connectivity index (χ1n) is 4.55. The number of halogens is 1. The van der Waals surface area contributed by atoms with Gasteiger partial charge in [-0.2, -0.15) is 0 Å². The van der Waals surface area contributed by atoms with E-state index in [0.29, 0.717) is 10.0 Å². The standard InChI is InChI=1S/C10H12BrNO3/c1-6(7(2)13)9-4-3-8(11)5-10(9)12(14)15/h3-7,13H,1-2H3. The van der Waals surface area contributed by atoms with Crippen molar-refractivity contribution in [1.82, 2.24) is 0 Å². The van der Waals surface area contributed by atoms with Crippen LogP contribution in [0.3, 0.4) is 0 Å². The number of rotatable bonds is 3. The lowest BCUT2D eigenvalue weighted by Gasteiger charge is -2.14. The molecule has 0 aliphatic heterocycles. The molecule has 0 fully saturated rings. The number of nitro groups is 1. The lowest BCUT2D eigenvalue weighted by Crippen LogP contribution is -2.12. The molecule has 0 aliphatic carbocycles. The first kappa shape index (κ1) is 12.1. The zero-order valence-corrected chi connectivity index (χ0v) is 10.1. The summed E-state index contributed by atoms with van der Waals surface area (Å²) in [5, 5.41) is 20.2. The molecule has 0 aliphatic rings. The van der Waals surface area contributed by atoms with Crippen LogP contribution < -0.4 is 0 Å². The van der Waals surface area contributed by atoms with E-state index in [9.17, 15) is 15.2 Å². The second-order valence-electron chi connectivity index (χ2n) is 3.49. The molecule has 5 heteroatoms. The summed E-state index contributed by atoms with van der Waals surface area (Å²) in [5.74, 6) is -0.251. The van der Waals surface area contributed by atoms with Crippen LogP contribution in [-0.2, 0) is 0 Å². The van der Waals surface area contributed by atoms with E-state index in [4.69, 9.17) is 0 Å². The zero-order valence-electron chi connectivity index (χ0n) is 8.48. The number of benzene rings is 1. The van der Waals surface area contributed by atoms with Crippen molar-refractivity contribution in [3.63, 3.8) is 0 Å². The maximum Gasteiger partial charge on any atom is 0.274 e. The average molecular weight is 274 g/mol. The highest BCUT2D eigenvalue weighted by Gasteiger charge is 2.22. The molecule has 1 rings (SSSR count). The number of hydrogen-bond donors (Lipinski definition) is 1. The Balaban J connectivity index is 3.22. The maximum absolute atomic E-state index is 10.8. The molecule has 0 heterocycles. The minimum absolute atomic E-state index is 0.0396. The molecule has 2 unspecified atom stereocenters. The van der Waals surface area contributed by atoms with E-state index < -0.39 is 11.0 Å². The van der Waals surface area contributed by atoms with Crippen molar-refractivity contribution in [3.05, 3.63) is 38.3 Å². The van der Waals surface area contributed by atoms with E-state index in [0.717, 1.165) is 0 Å². The molecule has 82 valence electrons. The van der Waals surface area contributed by atoms with Crippen LogP contribution in [-0.4, -0.2) is 16.1 Å². The van der Waals surface area contributed by atoms with Gasteiger partial charge < -0.3 is 5.11 Å². The van der Waals surface area contributed by atoms with Crippen LogP contribution in [0.4, 0.5) is 5.69 Å². The second-order valence-corrected chi connectivity index (χ2v) is 4.41. The minimum atomic E-state index is -0.607. The van der Waals surface area contributed by atoms with E-state index in [1.807, 2.05) is 0 Å². The fourth-order valence-corrected chi connectivity index (χ4v) is 1.67. The van der Waals surface area contributed by atoms with Crippen LogP contribution >= 0.6 is 15.9 Å². The number of nitro benzene ring substituents is 1. The average Bonchev–Trinajstić information content (AvgIpc) is 2.16. The van der Waals surface area contributed by atoms with E-state index in [1.165, 1.54) is 6.07 Å². The molecule has 0 saturated heterocycles. The van der Waals surface area contributed by atoms with Gasteiger partial charge in [-0.1, -0.05) is 28.9 Å². The molecule has 0 spiro atoms. The van der Waals surface area contributed by atoms with Crippen LogP contribution in [0.2, 0.25) is 0 Å². The first-order chi connectivity index (χ1) is 6.93. The summed E-state index contributed by atoms with van der Waals surface area (Å²) in [4.78, 5) is 10.4. The smallest absolute Gasteiger partial charge is 0.274 e. The number of aliphatic hydroxyl groups excluding tert-OH is 1. The van der Waals surface area contributed by atoms with Crippen molar-refractivity contribution >= 4 is 21.6 Å². The van der Waals surface area contributed by atoms with Gasteiger partial charge in [-0.15, -0.1) is 0 Å². The van der Waals surface area contributed by atoms with Gasteiger partial charge in [0.25, 0.3) is 5.69 Å². The van der Waals surface area contributed by atoms with Gasteiger partial charge >= 0.3 is 0 Å². The molecule has 1 N–H and O–H groups in total. The summed E-state index contributed by atoms with van der Waals surface area (Å²) in [7, 11) is 0. The summed E-state index contributed by atoms with van der Waals surface area (Å²) in [5.41, 5.74) is 0.593. The summed E-state index contributed by atoms with van der Waals surface area (Å²) < 4.78 is 0.663. The lowest BCUT2D eigenvalue weighted by atomic mass is 9.95. The number of aliphatic hydroxyl groups is 1. The van der Waals surface area contributed by atoms with Crippen LogP contribution in [0.5, 0.6) is 0 Å². The Labute approximate surface area is 96.2 Å². The van der Waals surface area contributed by atoms with Gasteiger partial charge in [-0.05, 0) is 13.0 Å². The number of nitrogens with zero attached hydrogens (tertiary/aromatic N) is 1. The molecule has 1 aromatic carbocycles. The molecule has 1 aromatic rings.